The van der Waals surface area contributed by atoms with Crippen LogP contribution in [0.3, 0.4) is 0 Å². The van der Waals surface area contributed by atoms with Crippen molar-refractivity contribution in [3.63, 3.8) is 0 Å². The van der Waals surface area contributed by atoms with Gasteiger partial charge < -0.3 is 5.32 Å². The molecule has 0 spiro atoms. The molecule has 1 aliphatic carbocycles. The second-order valence-electron chi connectivity index (χ2n) is 5.12. The van der Waals surface area contributed by atoms with E-state index in [1.807, 2.05) is 0 Å². The number of amides is 1. The maximum atomic E-state index is 13.7. The van der Waals surface area contributed by atoms with Crippen LogP contribution in [-0.2, 0) is 10.0 Å². The predicted molar refractivity (Wildman–Crippen MR) is 72.1 cm³/mol. The Morgan fingerprint density at radius 1 is 1.14 bits per heavy atom. The highest BCUT2D eigenvalue weighted by molar-refractivity contribution is 7.89. The van der Waals surface area contributed by atoms with Crippen LogP contribution in [0.15, 0.2) is 17.0 Å². The van der Waals surface area contributed by atoms with Crippen molar-refractivity contribution in [3.8, 4) is 0 Å². The second-order valence-corrected chi connectivity index (χ2v) is 6.65. The molecule has 0 atom stereocenters. The van der Waals surface area contributed by atoms with Crippen molar-refractivity contribution in [2.24, 2.45) is 5.14 Å². The first-order chi connectivity index (χ1) is 9.79. The zero-order chi connectivity index (χ0) is 15.6. The zero-order valence-corrected chi connectivity index (χ0v) is 12.1. The number of sulfonamides is 1. The Hall–Kier alpha value is -1.54. The van der Waals surface area contributed by atoms with Gasteiger partial charge >= 0.3 is 0 Å². The summed E-state index contributed by atoms with van der Waals surface area (Å²) in [6, 6.07) is 0.918. The maximum Gasteiger partial charge on any atom is 0.254 e. The summed E-state index contributed by atoms with van der Waals surface area (Å²) < 4.78 is 49.5. The van der Waals surface area contributed by atoms with Gasteiger partial charge in [0.1, 0.15) is 16.5 Å². The Kier molecular flexibility index (Phi) is 4.58. The summed E-state index contributed by atoms with van der Waals surface area (Å²) in [5.41, 5.74) is -0.522. The van der Waals surface area contributed by atoms with Gasteiger partial charge in [0.15, 0.2) is 0 Å². The monoisotopic (exact) mass is 318 g/mol. The van der Waals surface area contributed by atoms with Crippen molar-refractivity contribution in [2.45, 2.75) is 43.0 Å². The molecule has 1 saturated carbocycles. The largest absolute Gasteiger partial charge is 0.349 e. The summed E-state index contributed by atoms with van der Waals surface area (Å²) in [6.45, 7) is 0. The van der Waals surface area contributed by atoms with Crippen LogP contribution in [0.4, 0.5) is 8.78 Å². The van der Waals surface area contributed by atoms with E-state index in [1.165, 1.54) is 0 Å². The number of nitrogens with two attached hydrogens (primary N) is 1. The van der Waals surface area contributed by atoms with Gasteiger partial charge in [0, 0.05) is 12.1 Å². The van der Waals surface area contributed by atoms with Gasteiger partial charge in [-0.25, -0.2) is 22.3 Å². The Labute approximate surface area is 121 Å². The van der Waals surface area contributed by atoms with Gasteiger partial charge in [-0.05, 0) is 18.9 Å². The molecule has 116 valence electrons. The number of rotatable bonds is 3. The third kappa shape index (κ3) is 3.76. The van der Waals surface area contributed by atoms with Crippen molar-refractivity contribution < 1.29 is 22.0 Å². The van der Waals surface area contributed by atoms with Gasteiger partial charge in [-0.1, -0.05) is 19.3 Å². The van der Waals surface area contributed by atoms with Gasteiger partial charge in [-0.15, -0.1) is 0 Å². The van der Waals surface area contributed by atoms with Crippen molar-refractivity contribution in [2.75, 3.05) is 0 Å². The molecule has 3 N–H and O–H groups in total. The molecule has 21 heavy (non-hydrogen) atoms. The summed E-state index contributed by atoms with van der Waals surface area (Å²) >= 11 is 0. The number of hydrogen-bond acceptors (Lipinski definition) is 3. The van der Waals surface area contributed by atoms with Crippen LogP contribution in [0.5, 0.6) is 0 Å². The normalized spacial score (nSPS) is 16.7. The van der Waals surface area contributed by atoms with Crippen molar-refractivity contribution in [3.05, 3.63) is 29.3 Å². The summed E-state index contributed by atoms with van der Waals surface area (Å²) in [4.78, 5) is 11.1. The average Bonchev–Trinajstić information content (AvgIpc) is 2.38. The molecule has 5 nitrogen and oxygen atoms in total. The molecule has 0 unspecified atom stereocenters. The van der Waals surface area contributed by atoms with E-state index in [2.05, 4.69) is 5.32 Å². The van der Waals surface area contributed by atoms with Crippen LogP contribution >= 0.6 is 0 Å². The van der Waals surface area contributed by atoms with Gasteiger partial charge in [0.05, 0.1) is 5.56 Å². The average molecular weight is 318 g/mol. The molecule has 1 amide bonds. The molecule has 0 bridgehead atoms. The standard InChI is InChI=1S/C13H16F2N2O3S/c14-10-7-11(15)12(21(16,19)20)6-9(10)13(18)17-8-4-2-1-3-5-8/h6-8H,1-5H2,(H,17,18)(H2,16,19,20). The third-order valence-electron chi connectivity index (χ3n) is 3.51. The number of nitrogens with one attached hydrogen (secondary N) is 1. The lowest BCUT2D eigenvalue weighted by Crippen LogP contribution is -2.36. The first kappa shape index (κ1) is 15.8. The number of benzene rings is 1. The highest BCUT2D eigenvalue weighted by Gasteiger charge is 2.23. The molecular formula is C13H16F2N2O3S. The fraction of sp³-hybridized carbons (Fsp3) is 0.462. The summed E-state index contributed by atoms with van der Waals surface area (Å²) in [5, 5.41) is 7.48. The summed E-state index contributed by atoms with van der Waals surface area (Å²) in [7, 11) is -4.36. The van der Waals surface area contributed by atoms with Crippen LogP contribution in [0.2, 0.25) is 0 Å². The van der Waals surface area contributed by atoms with E-state index in [-0.39, 0.29) is 6.04 Å². The molecule has 2 rings (SSSR count). The fourth-order valence-corrected chi connectivity index (χ4v) is 3.04. The first-order valence-corrected chi connectivity index (χ1v) is 8.16. The summed E-state index contributed by atoms with van der Waals surface area (Å²) in [6.07, 6.45) is 4.61. The molecule has 0 aromatic heterocycles. The van der Waals surface area contributed by atoms with E-state index in [4.69, 9.17) is 5.14 Å². The van der Waals surface area contributed by atoms with E-state index in [9.17, 15) is 22.0 Å². The lowest BCUT2D eigenvalue weighted by atomic mass is 9.95. The quantitative estimate of drug-likeness (QED) is 0.888. The molecule has 1 aliphatic rings. The molecule has 1 aromatic rings. The minimum absolute atomic E-state index is 0.0753. The highest BCUT2D eigenvalue weighted by Crippen LogP contribution is 2.21. The van der Waals surface area contributed by atoms with Crippen molar-refractivity contribution >= 4 is 15.9 Å². The number of carbonyl (C=O) groups excluding carboxylic acids is 1. The van der Waals surface area contributed by atoms with Crippen molar-refractivity contribution in [1.29, 1.82) is 0 Å². The van der Waals surface area contributed by atoms with Crippen molar-refractivity contribution in [1.82, 2.24) is 5.32 Å². The molecule has 0 heterocycles. The predicted octanol–water partition coefficient (Wildman–Crippen LogP) is 1.67. The number of carbonyl (C=O) groups is 1. The number of hydrogen-bond donors (Lipinski definition) is 2. The molecule has 8 heteroatoms. The fourth-order valence-electron chi connectivity index (χ4n) is 2.43. The van der Waals surface area contributed by atoms with Gasteiger partial charge in [-0.3, -0.25) is 4.79 Å². The molecular weight excluding hydrogens is 302 g/mol. The van der Waals surface area contributed by atoms with Crippen LogP contribution in [0.1, 0.15) is 42.5 Å². The lowest BCUT2D eigenvalue weighted by molar-refractivity contribution is 0.0923. The molecule has 1 aromatic carbocycles. The highest BCUT2D eigenvalue weighted by atomic mass is 32.2. The van der Waals surface area contributed by atoms with Gasteiger partial charge in [0.25, 0.3) is 5.91 Å². The Morgan fingerprint density at radius 3 is 2.33 bits per heavy atom. The number of primary sulfonamides is 1. The van der Waals surface area contributed by atoms with Crippen LogP contribution in [0.25, 0.3) is 0 Å². The minimum Gasteiger partial charge on any atom is -0.349 e. The van der Waals surface area contributed by atoms with Crippen LogP contribution in [0, 0.1) is 11.6 Å². The lowest BCUT2D eigenvalue weighted by Gasteiger charge is -2.22. The smallest absolute Gasteiger partial charge is 0.254 e. The Morgan fingerprint density at radius 2 is 1.76 bits per heavy atom. The van der Waals surface area contributed by atoms with Gasteiger partial charge in [0.2, 0.25) is 10.0 Å². The SMILES string of the molecule is NS(=O)(=O)c1cc(C(=O)NC2CCCCC2)c(F)cc1F. The topological polar surface area (TPSA) is 89.3 Å². The first-order valence-electron chi connectivity index (χ1n) is 6.62. The third-order valence-corrected chi connectivity index (χ3v) is 4.44. The van der Waals surface area contributed by atoms with E-state index in [1.54, 1.807) is 0 Å². The van der Waals surface area contributed by atoms with Crippen LogP contribution in [-0.4, -0.2) is 20.4 Å². The van der Waals surface area contributed by atoms with E-state index >= 15 is 0 Å². The van der Waals surface area contributed by atoms with Gasteiger partial charge in [-0.2, -0.15) is 0 Å². The van der Waals surface area contributed by atoms with E-state index in [0.717, 1.165) is 32.1 Å². The Bertz CT molecular complexity index is 656. The molecule has 0 saturated heterocycles. The Balaban J connectivity index is 2.28. The molecule has 0 aliphatic heterocycles. The minimum atomic E-state index is -4.36. The molecule has 0 radical (unpaired) electrons. The number of halogens is 2. The van der Waals surface area contributed by atoms with E-state index in [0.29, 0.717) is 12.1 Å². The van der Waals surface area contributed by atoms with E-state index < -0.39 is 38.0 Å². The molecule has 1 fully saturated rings. The maximum absolute atomic E-state index is 13.7. The zero-order valence-electron chi connectivity index (χ0n) is 11.2. The van der Waals surface area contributed by atoms with Crippen LogP contribution < -0.4 is 10.5 Å². The summed E-state index contributed by atoms with van der Waals surface area (Å²) in [5.74, 6) is -3.19. The second kappa shape index (κ2) is 6.07.